The van der Waals surface area contributed by atoms with E-state index in [0.717, 1.165) is 56.2 Å². The zero-order chi connectivity index (χ0) is 25.6. The zero-order valence-corrected chi connectivity index (χ0v) is 22.0. The van der Waals surface area contributed by atoms with E-state index in [9.17, 15) is 9.59 Å². The second-order valence-electron chi connectivity index (χ2n) is 10.9. The van der Waals surface area contributed by atoms with Gasteiger partial charge in [0.2, 0.25) is 0 Å². The summed E-state index contributed by atoms with van der Waals surface area (Å²) in [4.78, 5) is 34.0. The quantitative estimate of drug-likeness (QED) is 0.415. The van der Waals surface area contributed by atoms with Crippen LogP contribution in [0, 0.1) is 5.92 Å². The fourth-order valence-corrected chi connectivity index (χ4v) is 5.98. The first kappa shape index (κ1) is 25.5. The zero-order valence-electron chi connectivity index (χ0n) is 22.0. The molecule has 3 heterocycles. The molecule has 37 heavy (non-hydrogen) atoms. The summed E-state index contributed by atoms with van der Waals surface area (Å²) in [5.41, 5.74) is 3.52. The van der Waals surface area contributed by atoms with E-state index in [0.29, 0.717) is 29.6 Å². The fraction of sp³-hybridized carbons (Fsp3) is 0.484. The summed E-state index contributed by atoms with van der Waals surface area (Å²) in [7, 11) is 0. The van der Waals surface area contributed by atoms with Crippen molar-refractivity contribution in [2.24, 2.45) is 5.92 Å². The number of amides is 2. The monoisotopic (exact) mass is 500 g/mol. The van der Waals surface area contributed by atoms with Crippen molar-refractivity contribution in [2.75, 3.05) is 32.7 Å². The second kappa shape index (κ2) is 12.0. The molecule has 2 aromatic carbocycles. The Morgan fingerprint density at radius 3 is 2.59 bits per heavy atom. The summed E-state index contributed by atoms with van der Waals surface area (Å²) < 4.78 is 0. The molecule has 5 rings (SSSR count). The van der Waals surface area contributed by atoms with Crippen LogP contribution < -0.4 is 5.32 Å². The first-order valence-electron chi connectivity index (χ1n) is 14.0. The Kier molecular flexibility index (Phi) is 8.24. The number of aromatic nitrogens is 1. The number of hydrogen-bond acceptors (Lipinski definition) is 3. The number of rotatable bonds is 8. The van der Waals surface area contributed by atoms with Crippen molar-refractivity contribution in [1.82, 2.24) is 20.1 Å². The first-order valence-corrected chi connectivity index (χ1v) is 14.0. The van der Waals surface area contributed by atoms with Gasteiger partial charge in [0.25, 0.3) is 11.8 Å². The number of carbonyl (C=O) groups excluding carboxylic acids is 2. The van der Waals surface area contributed by atoms with Crippen molar-refractivity contribution >= 4 is 22.7 Å². The van der Waals surface area contributed by atoms with Gasteiger partial charge >= 0.3 is 0 Å². The molecule has 0 saturated carbocycles. The third-order valence-electron chi connectivity index (χ3n) is 8.29. The van der Waals surface area contributed by atoms with E-state index >= 15 is 0 Å². The van der Waals surface area contributed by atoms with Gasteiger partial charge in [-0.2, -0.15) is 0 Å². The van der Waals surface area contributed by atoms with E-state index in [1.54, 1.807) is 6.20 Å². The number of benzene rings is 2. The van der Waals surface area contributed by atoms with Crippen molar-refractivity contribution < 1.29 is 9.59 Å². The molecular weight excluding hydrogens is 460 g/mol. The molecule has 196 valence electrons. The van der Waals surface area contributed by atoms with Gasteiger partial charge in [-0.3, -0.25) is 9.59 Å². The van der Waals surface area contributed by atoms with Crippen LogP contribution in [0.25, 0.3) is 10.9 Å². The Bertz CT molecular complexity index is 1200. The van der Waals surface area contributed by atoms with Gasteiger partial charge in [-0.25, -0.2) is 0 Å². The number of H-pyrrole nitrogens is 1. The molecule has 2 aliphatic rings. The molecule has 0 bridgehead atoms. The maximum Gasteiger partial charge on any atom is 0.253 e. The minimum atomic E-state index is -0.0794. The fourth-order valence-electron chi connectivity index (χ4n) is 5.98. The van der Waals surface area contributed by atoms with Crippen LogP contribution in [-0.4, -0.2) is 65.4 Å². The average Bonchev–Trinajstić information content (AvgIpc) is 3.36. The Morgan fingerprint density at radius 2 is 1.81 bits per heavy atom. The molecule has 2 saturated heterocycles. The largest absolute Gasteiger partial charge is 0.360 e. The number of hydrogen-bond donors (Lipinski definition) is 2. The molecular formula is C31H40N4O2. The topological polar surface area (TPSA) is 68.4 Å². The SMILES string of the molecule is CC1CCCCN1CCCNC(=O)c1c[nH]c2ccc(C(=O)N3CCC(Cc4ccccc4)CC3)cc12. The maximum atomic E-state index is 13.3. The van der Waals surface area contributed by atoms with Gasteiger partial charge in [0.15, 0.2) is 0 Å². The third kappa shape index (κ3) is 6.24. The van der Waals surface area contributed by atoms with Crippen LogP contribution in [0.15, 0.2) is 54.7 Å². The lowest BCUT2D eigenvalue weighted by Crippen LogP contribution is -2.39. The maximum absolute atomic E-state index is 13.3. The Labute approximate surface area is 220 Å². The normalized spacial score (nSPS) is 19.3. The first-order chi connectivity index (χ1) is 18.1. The predicted molar refractivity (Wildman–Crippen MR) is 149 cm³/mol. The third-order valence-corrected chi connectivity index (χ3v) is 8.29. The van der Waals surface area contributed by atoms with Crippen molar-refractivity contribution in [3.05, 3.63) is 71.4 Å². The highest BCUT2D eigenvalue weighted by atomic mass is 16.2. The van der Waals surface area contributed by atoms with E-state index in [1.807, 2.05) is 23.1 Å². The highest BCUT2D eigenvalue weighted by molar-refractivity contribution is 6.08. The number of fused-ring (bicyclic) bond motifs is 1. The van der Waals surface area contributed by atoms with Gasteiger partial charge in [-0.15, -0.1) is 0 Å². The van der Waals surface area contributed by atoms with Gasteiger partial charge in [-0.05, 0) is 81.7 Å². The molecule has 0 spiro atoms. The van der Waals surface area contributed by atoms with E-state index in [-0.39, 0.29) is 11.8 Å². The highest BCUT2D eigenvalue weighted by Crippen LogP contribution is 2.25. The highest BCUT2D eigenvalue weighted by Gasteiger charge is 2.25. The smallest absolute Gasteiger partial charge is 0.253 e. The van der Waals surface area contributed by atoms with E-state index in [1.165, 1.54) is 31.4 Å². The lowest BCUT2D eigenvalue weighted by Gasteiger charge is -2.33. The molecule has 6 heteroatoms. The minimum Gasteiger partial charge on any atom is -0.360 e. The summed E-state index contributed by atoms with van der Waals surface area (Å²) in [6.45, 7) is 6.71. The van der Waals surface area contributed by atoms with Gasteiger partial charge < -0.3 is 20.1 Å². The van der Waals surface area contributed by atoms with Crippen molar-refractivity contribution in [3.63, 3.8) is 0 Å². The summed E-state index contributed by atoms with van der Waals surface area (Å²) in [5.74, 6) is 0.597. The molecule has 0 aliphatic carbocycles. The molecule has 0 radical (unpaired) electrons. The number of piperidine rings is 2. The molecule has 1 atom stereocenters. The van der Waals surface area contributed by atoms with Crippen LogP contribution in [0.5, 0.6) is 0 Å². The molecule has 1 unspecified atom stereocenters. The predicted octanol–water partition coefficient (Wildman–Crippen LogP) is 5.26. The number of carbonyl (C=O) groups is 2. The van der Waals surface area contributed by atoms with Crippen LogP contribution in [0.4, 0.5) is 0 Å². The Balaban J connectivity index is 1.15. The van der Waals surface area contributed by atoms with Gasteiger partial charge in [-0.1, -0.05) is 36.8 Å². The molecule has 1 aromatic heterocycles. The van der Waals surface area contributed by atoms with Gasteiger partial charge in [0.05, 0.1) is 5.56 Å². The van der Waals surface area contributed by atoms with Crippen LogP contribution in [0.2, 0.25) is 0 Å². The van der Waals surface area contributed by atoms with E-state index in [4.69, 9.17) is 0 Å². The number of nitrogens with zero attached hydrogens (tertiary/aromatic N) is 2. The molecule has 6 nitrogen and oxygen atoms in total. The number of likely N-dealkylation sites (tertiary alicyclic amines) is 2. The Hall–Kier alpha value is -3.12. The van der Waals surface area contributed by atoms with E-state index in [2.05, 4.69) is 52.5 Å². The van der Waals surface area contributed by atoms with Crippen molar-refractivity contribution in [3.8, 4) is 0 Å². The van der Waals surface area contributed by atoms with Crippen LogP contribution in [-0.2, 0) is 6.42 Å². The molecule has 2 N–H and O–H groups in total. The molecule has 3 aromatic rings. The molecule has 2 amide bonds. The van der Waals surface area contributed by atoms with Crippen LogP contribution >= 0.6 is 0 Å². The molecule has 2 aliphatic heterocycles. The number of nitrogens with one attached hydrogen (secondary N) is 2. The summed E-state index contributed by atoms with van der Waals surface area (Å²) in [5, 5.41) is 3.90. The summed E-state index contributed by atoms with van der Waals surface area (Å²) in [6, 6.07) is 16.9. The van der Waals surface area contributed by atoms with Crippen LogP contribution in [0.3, 0.4) is 0 Å². The van der Waals surface area contributed by atoms with Gasteiger partial charge in [0, 0.05) is 54.9 Å². The lowest BCUT2D eigenvalue weighted by molar-refractivity contribution is 0.0690. The minimum absolute atomic E-state index is 0.0586. The van der Waals surface area contributed by atoms with Crippen LogP contribution in [0.1, 0.15) is 71.7 Å². The average molecular weight is 501 g/mol. The van der Waals surface area contributed by atoms with Crippen molar-refractivity contribution in [1.29, 1.82) is 0 Å². The van der Waals surface area contributed by atoms with E-state index < -0.39 is 0 Å². The lowest BCUT2D eigenvalue weighted by atomic mass is 9.90. The standard InChI is InChI=1S/C31H40N4O2/c1-23-8-5-6-16-34(23)17-7-15-32-30(36)28-22-33-29-12-11-26(21-27(28)29)31(37)35-18-13-25(14-19-35)20-24-9-3-2-4-10-24/h2-4,9-12,21-23,25,33H,5-8,13-20H2,1H3,(H,32,36). The molecule has 2 fully saturated rings. The summed E-state index contributed by atoms with van der Waals surface area (Å²) >= 11 is 0. The summed E-state index contributed by atoms with van der Waals surface area (Å²) in [6.07, 6.45) is 9.71. The Morgan fingerprint density at radius 1 is 1.00 bits per heavy atom. The number of aromatic amines is 1. The van der Waals surface area contributed by atoms with Crippen molar-refractivity contribution in [2.45, 2.75) is 57.9 Å². The van der Waals surface area contributed by atoms with Gasteiger partial charge in [0.1, 0.15) is 0 Å². The second-order valence-corrected chi connectivity index (χ2v) is 10.9.